The molecule has 0 spiro atoms. The van der Waals surface area contributed by atoms with E-state index in [0.717, 1.165) is 45.2 Å². The first-order chi connectivity index (χ1) is 9.20. The third-order valence-corrected chi connectivity index (χ3v) is 2.58. The minimum atomic E-state index is 0. The molecule has 0 aliphatic rings. The van der Waals surface area contributed by atoms with Crippen LogP contribution in [0.2, 0.25) is 0 Å². The van der Waals surface area contributed by atoms with Crippen LogP contribution in [0.1, 0.15) is 53.4 Å². The Labute approximate surface area is 142 Å². The molecule has 0 aromatic heterocycles. The van der Waals surface area contributed by atoms with Gasteiger partial charge in [0, 0.05) is 32.8 Å². The van der Waals surface area contributed by atoms with Crippen LogP contribution in [-0.2, 0) is 4.74 Å². The number of hydrogen-bond donors (Lipinski definition) is 2. The molecule has 122 valence electrons. The van der Waals surface area contributed by atoms with Crippen molar-refractivity contribution in [3.05, 3.63) is 0 Å². The van der Waals surface area contributed by atoms with Crippen molar-refractivity contribution in [2.24, 2.45) is 10.9 Å². The number of aliphatic imine (C=N–C) groups is 1. The quantitative estimate of drug-likeness (QED) is 0.242. The maximum absolute atomic E-state index is 5.54. The molecular formula is C15H34IN3O. The maximum Gasteiger partial charge on any atom is 0.191 e. The lowest BCUT2D eigenvalue weighted by atomic mass is 10.2. The average molecular weight is 399 g/mol. The predicted octanol–water partition coefficient (Wildman–Crippen LogP) is 3.41. The standard InChI is InChI=1S/C15H33N3O.HI/c1-5-7-8-10-17-15(16-6-2)18-11-9-12-19-13-14(3)4;/h14H,5-13H2,1-4H3,(H2,16,17,18);1H. The van der Waals surface area contributed by atoms with Gasteiger partial charge in [-0.15, -0.1) is 24.0 Å². The van der Waals surface area contributed by atoms with E-state index in [-0.39, 0.29) is 24.0 Å². The summed E-state index contributed by atoms with van der Waals surface area (Å²) in [5.74, 6) is 1.54. The zero-order valence-electron chi connectivity index (χ0n) is 13.7. The van der Waals surface area contributed by atoms with Crippen molar-refractivity contribution in [1.82, 2.24) is 10.6 Å². The van der Waals surface area contributed by atoms with Crippen LogP contribution in [0, 0.1) is 5.92 Å². The first-order valence-electron chi connectivity index (χ1n) is 7.80. The first kappa shape index (κ1) is 22.2. The minimum absolute atomic E-state index is 0. The van der Waals surface area contributed by atoms with Gasteiger partial charge < -0.3 is 15.4 Å². The normalized spacial score (nSPS) is 11.3. The number of nitrogens with one attached hydrogen (secondary N) is 2. The van der Waals surface area contributed by atoms with Crippen molar-refractivity contribution in [3.63, 3.8) is 0 Å². The van der Waals surface area contributed by atoms with Crippen molar-refractivity contribution in [2.45, 2.75) is 53.4 Å². The molecule has 0 aromatic rings. The van der Waals surface area contributed by atoms with Crippen molar-refractivity contribution < 1.29 is 4.74 Å². The Morgan fingerprint density at radius 2 is 1.85 bits per heavy atom. The number of unbranched alkanes of at least 4 members (excludes halogenated alkanes) is 2. The summed E-state index contributed by atoms with van der Waals surface area (Å²) < 4.78 is 5.54. The average Bonchev–Trinajstić information content (AvgIpc) is 2.38. The summed E-state index contributed by atoms with van der Waals surface area (Å²) >= 11 is 0. The van der Waals surface area contributed by atoms with Crippen LogP contribution in [0.5, 0.6) is 0 Å². The molecule has 0 rings (SSSR count). The Balaban J connectivity index is 0. The molecule has 0 saturated carbocycles. The van der Waals surface area contributed by atoms with Gasteiger partial charge in [-0.05, 0) is 25.7 Å². The van der Waals surface area contributed by atoms with Crippen LogP contribution in [0.3, 0.4) is 0 Å². The topological polar surface area (TPSA) is 45.7 Å². The smallest absolute Gasteiger partial charge is 0.191 e. The zero-order chi connectivity index (χ0) is 14.3. The molecule has 0 saturated heterocycles. The molecule has 0 aliphatic carbocycles. The van der Waals surface area contributed by atoms with Gasteiger partial charge in [-0.25, -0.2) is 0 Å². The first-order valence-corrected chi connectivity index (χ1v) is 7.80. The summed E-state index contributed by atoms with van der Waals surface area (Å²) in [5.41, 5.74) is 0. The van der Waals surface area contributed by atoms with Crippen molar-refractivity contribution in [3.8, 4) is 0 Å². The van der Waals surface area contributed by atoms with E-state index in [1.165, 1.54) is 19.3 Å². The summed E-state index contributed by atoms with van der Waals surface area (Å²) in [6.07, 6.45) is 4.72. The highest BCUT2D eigenvalue weighted by molar-refractivity contribution is 14.0. The largest absolute Gasteiger partial charge is 0.381 e. The molecule has 0 aromatic carbocycles. The predicted molar refractivity (Wildman–Crippen MR) is 99.2 cm³/mol. The Morgan fingerprint density at radius 1 is 1.10 bits per heavy atom. The number of ether oxygens (including phenoxy) is 1. The van der Waals surface area contributed by atoms with Gasteiger partial charge in [0.25, 0.3) is 0 Å². The highest BCUT2D eigenvalue weighted by atomic mass is 127. The van der Waals surface area contributed by atoms with Crippen LogP contribution in [0.25, 0.3) is 0 Å². The van der Waals surface area contributed by atoms with E-state index in [4.69, 9.17) is 4.74 Å². The Kier molecular flexibility index (Phi) is 18.9. The zero-order valence-corrected chi connectivity index (χ0v) is 16.0. The second kappa shape index (κ2) is 17.0. The fraction of sp³-hybridized carbons (Fsp3) is 0.933. The van der Waals surface area contributed by atoms with E-state index in [1.54, 1.807) is 0 Å². The number of halogens is 1. The van der Waals surface area contributed by atoms with Gasteiger partial charge in [-0.3, -0.25) is 4.99 Å². The SMILES string of the molecule is CCCCCNC(=NCCCOCC(C)C)NCC.I. The van der Waals surface area contributed by atoms with E-state index >= 15 is 0 Å². The summed E-state index contributed by atoms with van der Waals surface area (Å²) in [5, 5.41) is 6.63. The molecule has 0 bridgehead atoms. The number of rotatable bonds is 11. The molecule has 5 heteroatoms. The fourth-order valence-corrected chi connectivity index (χ4v) is 1.60. The monoisotopic (exact) mass is 399 g/mol. The molecule has 20 heavy (non-hydrogen) atoms. The summed E-state index contributed by atoms with van der Waals surface area (Å²) in [6.45, 7) is 13.0. The van der Waals surface area contributed by atoms with E-state index < -0.39 is 0 Å². The molecule has 4 nitrogen and oxygen atoms in total. The maximum atomic E-state index is 5.54. The summed E-state index contributed by atoms with van der Waals surface area (Å²) in [6, 6.07) is 0. The molecule has 0 atom stereocenters. The van der Waals surface area contributed by atoms with Crippen molar-refractivity contribution in [1.29, 1.82) is 0 Å². The van der Waals surface area contributed by atoms with E-state index in [2.05, 4.69) is 43.3 Å². The lowest BCUT2D eigenvalue weighted by molar-refractivity contribution is 0.109. The second-order valence-electron chi connectivity index (χ2n) is 5.22. The molecule has 0 unspecified atom stereocenters. The van der Waals surface area contributed by atoms with Crippen LogP contribution in [-0.4, -0.2) is 38.8 Å². The van der Waals surface area contributed by atoms with Crippen molar-refractivity contribution in [2.75, 3.05) is 32.8 Å². The lowest BCUT2D eigenvalue weighted by Crippen LogP contribution is -2.37. The molecular weight excluding hydrogens is 365 g/mol. The van der Waals surface area contributed by atoms with Gasteiger partial charge in [0.05, 0.1) is 0 Å². The Morgan fingerprint density at radius 3 is 2.45 bits per heavy atom. The van der Waals surface area contributed by atoms with Gasteiger partial charge in [0.2, 0.25) is 0 Å². The van der Waals surface area contributed by atoms with Gasteiger partial charge in [-0.1, -0.05) is 33.6 Å². The highest BCUT2D eigenvalue weighted by Gasteiger charge is 1.97. The molecule has 0 heterocycles. The van der Waals surface area contributed by atoms with E-state index in [9.17, 15) is 0 Å². The third-order valence-electron chi connectivity index (χ3n) is 2.58. The van der Waals surface area contributed by atoms with E-state index in [0.29, 0.717) is 5.92 Å². The van der Waals surface area contributed by atoms with Gasteiger partial charge >= 0.3 is 0 Å². The van der Waals surface area contributed by atoms with Gasteiger partial charge in [-0.2, -0.15) is 0 Å². The van der Waals surface area contributed by atoms with Crippen LogP contribution < -0.4 is 10.6 Å². The van der Waals surface area contributed by atoms with Crippen LogP contribution in [0.15, 0.2) is 4.99 Å². The number of guanidine groups is 1. The Hall–Kier alpha value is -0.0400. The minimum Gasteiger partial charge on any atom is -0.381 e. The lowest BCUT2D eigenvalue weighted by Gasteiger charge is -2.11. The number of hydrogen-bond acceptors (Lipinski definition) is 2. The van der Waals surface area contributed by atoms with Crippen LogP contribution in [0.4, 0.5) is 0 Å². The highest BCUT2D eigenvalue weighted by Crippen LogP contribution is 1.94. The molecule has 2 N–H and O–H groups in total. The summed E-state index contributed by atoms with van der Waals surface area (Å²) in [4.78, 5) is 4.54. The van der Waals surface area contributed by atoms with Gasteiger partial charge in [0.15, 0.2) is 5.96 Å². The molecule has 0 aliphatic heterocycles. The Bertz CT molecular complexity index is 223. The van der Waals surface area contributed by atoms with Gasteiger partial charge in [0.1, 0.15) is 0 Å². The number of nitrogens with zero attached hydrogens (tertiary/aromatic N) is 1. The molecule has 0 radical (unpaired) electrons. The van der Waals surface area contributed by atoms with E-state index in [1.807, 2.05) is 0 Å². The molecule has 0 fully saturated rings. The fourth-order valence-electron chi connectivity index (χ4n) is 1.60. The third kappa shape index (κ3) is 16.0. The van der Waals surface area contributed by atoms with Crippen LogP contribution >= 0.6 is 24.0 Å². The molecule has 0 amide bonds. The summed E-state index contributed by atoms with van der Waals surface area (Å²) in [7, 11) is 0. The van der Waals surface area contributed by atoms with Crippen molar-refractivity contribution >= 4 is 29.9 Å². The second-order valence-corrected chi connectivity index (χ2v) is 5.22.